The molecule has 2 aromatic rings. The highest BCUT2D eigenvalue weighted by atomic mass is 79.9. The summed E-state index contributed by atoms with van der Waals surface area (Å²) < 4.78 is 0.946. The minimum Gasteiger partial charge on any atom is -0.382 e. The number of nitrogens with one attached hydrogen (secondary N) is 1. The molecule has 0 fully saturated rings. The van der Waals surface area contributed by atoms with Crippen molar-refractivity contribution >= 4 is 56.4 Å². The largest absolute Gasteiger partial charge is 0.382 e. The number of nitrogens with zero attached hydrogens (tertiary/aromatic N) is 1. The minimum absolute atomic E-state index is 0.280. The Labute approximate surface area is 151 Å². The van der Waals surface area contributed by atoms with Crippen LogP contribution in [0.4, 0.5) is 5.69 Å². The van der Waals surface area contributed by atoms with Crippen LogP contribution in [0.2, 0.25) is 10.0 Å². The van der Waals surface area contributed by atoms with Gasteiger partial charge in [0.2, 0.25) is 6.10 Å². The van der Waals surface area contributed by atoms with E-state index in [1.54, 1.807) is 18.2 Å². The molecular formula is C16H11BrCl2N2O2. The molecule has 0 radical (unpaired) electrons. The Kier molecular flexibility index (Phi) is 4.90. The second-order valence-electron chi connectivity index (χ2n) is 4.96. The zero-order valence-corrected chi connectivity index (χ0v) is 14.8. The lowest BCUT2D eigenvalue weighted by Gasteiger charge is -2.10. The van der Waals surface area contributed by atoms with Crippen LogP contribution in [0.25, 0.3) is 0 Å². The number of carbonyl (C=O) groups is 1. The zero-order chi connectivity index (χ0) is 16.4. The van der Waals surface area contributed by atoms with E-state index in [-0.39, 0.29) is 5.91 Å². The van der Waals surface area contributed by atoms with E-state index in [0.717, 1.165) is 15.7 Å². The molecule has 0 saturated heterocycles. The summed E-state index contributed by atoms with van der Waals surface area (Å²) in [5.41, 5.74) is 2.22. The number of hydrogen-bond acceptors (Lipinski definition) is 3. The summed E-state index contributed by atoms with van der Waals surface area (Å²) in [4.78, 5) is 17.5. The second-order valence-corrected chi connectivity index (χ2v) is 6.69. The fourth-order valence-electron chi connectivity index (χ4n) is 2.15. The van der Waals surface area contributed by atoms with Crippen LogP contribution >= 0.6 is 39.1 Å². The van der Waals surface area contributed by atoms with Gasteiger partial charge in [0.1, 0.15) is 0 Å². The highest BCUT2D eigenvalue weighted by Gasteiger charge is 2.29. The van der Waals surface area contributed by atoms with Gasteiger partial charge in [0.05, 0.1) is 15.8 Å². The number of rotatable bonds is 3. The monoisotopic (exact) mass is 412 g/mol. The topological polar surface area (TPSA) is 50.7 Å². The molecule has 1 heterocycles. The Balaban J connectivity index is 1.65. The van der Waals surface area contributed by atoms with Gasteiger partial charge in [-0.3, -0.25) is 4.79 Å². The molecule has 1 aliphatic heterocycles. The van der Waals surface area contributed by atoms with Crippen molar-refractivity contribution in [1.29, 1.82) is 0 Å². The average molecular weight is 414 g/mol. The van der Waals surface area contributed by atoms with Gasteiger partial charge >= 0.3 is 0 Å². The standard InChI is InChI=1S/C16H11BrCl2N2O2/c17-10-3-1-2-9(6-10)14-8-15(23-21-14)16(22)20-11-4-5-12(18)13(19)7-11/h1-7,15H,8H2,(H,20,22). The molecule has 1 atom stereocenters. The molecule has 0 aromatic heterocycles. The Bertz CT molecular complexity index is 795. The first-order chi connectivity index (χ1) is 11.0. The molecule has 1 amide bonds. The van der Waals surface area contributed by atoms with Gasteiger partial charge in [-0.15, -0.1) is 0 Å². The van der Waals surface area contributed by atoms with Crippen LogP contribution < -0.4 is 5.32 Å². The molecule has 1 unspecified atom stereocenters. The van der Waals surface area contributed by atoms with Gasteiger partial charge in [0.15, 0.2) is 0 Å². The molecule has 1 N–H and O–H groups in total. The normalized spacial score (nSPS) is 16.7. The van der Waals surface area contributed by atoms with Crippen molar-refractivity contribution < 1.29 is 9.63 Å². The first-order valence-electron chi connectivity index (χ1n) is 6.77. The average Bonchev–Trinajstić information content (AvgIpc) is 3.01. The Morgan fingerprint density at radius 1 is 1.22 bits per heavy atom. The van der Waals surface area contributed by atoms with E-state index < -0.39 is 6.10 Å². The molecule has 118 valence electrons. The van der Waals surface area contributed by atoms with E-state index in [4.69, 9.17) is 28.0 Å². The van der Waals surface area contributed by atoms with Gasteiger partial charge in [-0.25, -0.2) is 0 Å². The van der Waals surface area contributed by atoms with Crippen LogP contribution in [0.15, 0.2) is 52.1 Å². The van der Waals surface area contributed by atoms with Gasteiger partial charge in [-0.1, -0.05) is 56.4 Å². The van der Waals surface area contributed by atoms with Crippen molar-refractivity contribution in [3.05, 3.63) is 62.5 Å². The number of oxime groups is 1. The van der Waals surface area contributed by atoms with E-state index in [2.05, 4.69) is 26.4 Å². The van der Waals surface area contributed by atoms with Crippen LogP contribution in [0.1, 0.15) is 12.0 Å². The SMILES string of the molecule is O=C(Nc1ccc(Cl)c(Cl)c1)C1CC(c2cccc(Br)c2)=NO1. The summed E-state index contributed by atoms with van der Waals surface area (Å²) >= 11 is 15.2. The first kappa shape index (κ1) is 16.3. The molecule has 0 aliphatic carbocycles. The van der Waals surface area contributed by atoms with Gasteiger partial charge < -0.3 is 10.2 Å². The zero-order valence-electron chi connectivity index (χ0n) is 11.7. The van der Waals surface area contributed by atoms with E-state index >= 15 is 0 Å². The maximum Gasteiger partial charge on any atom is 0.268 e. The number of halogens is 3. The van der Waals surface area contributed by atoms with Gasteiger partial charge in [-0.05, 0) is 30.3 Å². The molecule has 2 aromatic carbocycles. The summed E-state index contributed by atoms with van der Waals surface area (Å²) in [6, 6.07) is 12.6. The third kappa shape index (κ3) is 3.86. The Morgan fingerprint density at radius 3 is 2.78 bits per heavy atom. The number of carbonyl (C=O) groups excluding carboxylic acids is 1. The lowest BCUT2D eigenvalue weighted by Crippen LogP contribution is -2.28. The van der Waals surface area contributed by atoms with Crippen molar-refractivity contribution in [2.24, 2.45) is 5.16 Å². The number of benzene rings is 2. The number of amides is 1. The molecule has 7 heteroatoms. The van der Waals surface area contributed by atoms with Crippen molar-refractivity contribution in [2.45, 2.75) is 12.5 Å². The highest BCUT2D eigenvalue weighted by molar-refractivity contribution is 9.10. The summed E-state index contributed by atoms with van der Waals surface area (Å²) in [5, 5.41) is 7.57. The quantitative estimate of drug-likeness (QED) is 0.778. The summed E-state index contributed by atoms with van der Waals surface area (Å²) in [5.74, 6) is -0.280. The molecule has 3 rings (SSSR count). The second kappa shape index (κ2) is 6.91. The first-order valence-corrected chi connectivity index (χ1v) is 8.32. The third-order valence-electron chi connectivity index (χ3n) is 3.31. The minimum atomic E-state index is -0.668. The molecule has 0 spiro atoms. The number of hydrogen-bond donors (Lipinski definition) is 1. The van der Waals surface area contributed by atoms with Gasteiger partial charge in [0, 0.05) is 22.1 Å². The fourth-order valence-corrected chi connectivity index (χ4v) is 2.85. The van der Waals surface area contributed by atoms with E-state index in [1.807, 2.05) is 24.3 Å². The molecule has 4 nitrogen and oxygen atoms in total. The Morgan fingerprint density at radius 2 is 2.04 bits per heavy atom. The van der Waals surface area contributed by atoms with Crippen molar-refractivity contribution in [3.8, 4) is 0 Å². The molecule has 0 saturated carbocycles. The summed E-state index contributed by atoms with van der Waals surface area (Å²) in [6.07, 6.45) is -0.262. The lowest BCUT2D eigenvalue weighted by molar-refractivity contribution is -0.125. The smallest absolute Gasteiger partial charge is 0.268 e. The third-order valence-corrected chi connectivity index (χ3v) is 4.54. The van der Waals surface area contributed by atoms with E-state index in [0.29, 0.717) is 22.2 Å². The maximum atomic E-state index is 12.3. The predicted octanol–water partition coefficient (Wildman–Crippen LogP) is 4.89. The van der Waals surface area contributed by atoms with E-state index in [9.17, 15) is 4.79 Å². The molecular weight excluding hydrogens is 403 g/mol. The summed E-state index contributed by atoms with van der Waals surface area (Å²) in [6.45, 7) is 0. The molecule has 1 aliphatic rings. The lowest BCUT2D eigenvalue weighted by atomic mass is 10.0. The van der Waals surface area contributed by atoms with Crippen LogP contribution in [0, 0.1) is 0 Å². The van der Waals surface area contributed by atoms with Crippen molar-refractivity contribution in [3.63, 3.8) is 0 Å². The van der Waals surface area contributed by atoms with E-state index in [1.165, 1.54) is 0 Å². The molecule has 0 bridgehead atoms. The predicted molar refractivity (Wildman–Crippen MR) is 95.3 cm³/mol. The highest BCUT2D eigenvalue weighted by Crippen LogP contribution is 2.26. The fraction of sp³-hybridized carbons (Fsp3) is 0.125. The van der Waals surface area contributed by atoms with Gasteiger partial charge in [0.25, 0.3) is 5.91 Å². The van der Waals surface area contributed by atoms with Crippen LogP contribution in [-0.4, -0.2) is 17.7 Å². The maximum absolute atomic E-state index is 12.3. The Hall–Kier alpha value is -1.56. The van der Waals surface area contributed by atoms with Gasteiger partial charge in [-0.2, -0.15) is 0 Å². The van der Waals surface area contributed by atoms with Crippen LogP contribution in [-0.2, 0) is 9.63 Å². The summed E-state index contributed by atoms with van der Waals surface area (Å²) in [7, 11) is 0. The number of anilines is 1. The van der Waals surface area contributed by atoms with Crippen LogP contribution in [0.3, 0.4) is 0 Å². The molecule has 23 heavy (non-hydrogen) atoms. The van der Waals surface area contributed by atoms with Crippen LogP contribution in [0.5, 0.6) is 0 Å². The van der Waals surface area contributed by atoms with Crippen molar-refractivity contribution in [1.82, 2.24) is 0 Å². The van der Waals surface area contributed by atoms with Crippen molar-refractivity contribution in [2.75, 3.05) is 5.32 Å².